The van der Waals surface area contributed by atoms with Crippen LogP contribution in [0.5, 0.6) is 5.75 Å². The van der Waals surface area contributed by atoms with Crippen LogP contribution in [-0.4, -0.2) is 9.76 Å². The summed E-state index contributed by atoms with van der Waals surface area (Å²) in [6, 6.07) is 4.35. The molecule has 0 aliphatic heterocycles. The molecule has 2 nitrogen and oxygen atoms in total. The topological polar surface area (TPSA) is 26.3 Å². The standard InChI is InChI=1S/C9H4Cl6O2/c10-4-1-2-6(5(3-4)7(11)12)17-8(16)9(13,14)15/h1-3,7H. The molecular formula is C9H4Cl6O2. The van der Waals surface area contributed by atoms with Crippen molar-refractivity contribution in [1.82, 2.24) is 0 Å². The van der Waals surface area contributed by atoms with Gasteiger partial charge in [-0.1, -0.05) is 69.6 Å². The summed E-state index contributed by atoms with van der Waals surface area (Å²) in [5, 5.41) is 0.389. The lowest BCUT2D eigenvalue weighted by Crippen LogP contribution is -2.25. The Morgan fingerprint density at radius 2 is 1.82 bits per heavy atom. The van der Waals surface area contributed by atoms with E-state index in [2.05, 4.69) is 0 Å². The van der Waals surface area contributed by atoms with Gasteiger partial charge in [-0.05, 0) is 18.2 Å². The predicted octanol–water partition coefficient (Wildman–Crippen LogP) is 5.09. The van der Waals surface area contributed by atoms with E-state index in [9.17, 15) is 4.79 Å². The van der Waals surface area contributed by atoms with E-state index >= 15 is 0 Å². The fourth-order valence-electron chi connectivity index (χ4n) is 0.941. The molecule has 1 aromatic carbocycles. The maximum absolute atomic E-state index is 11.4. The highest BCUT2D eigenvalue weighted by molar-refractivity contribution is 6.75. The quantitative estimate of drug-likeness (QED) is 0.419. The molecule has 0 unspecified atom stereocenters. The van der Waals surface area contributed by atoms with E-state index in [1.165, 1.54) is 18.2 Å². The largest absolute Gasteiger partial charge is 0.423 e. The van der Waals surface area contributed by atoms with E-state index < -0.39 is 14.6 Å². The Balaban J connectivity index is 3.03. The number of ether oxygens (including phenoxy) is 1. The van der Waals surface area contributed by atoms with Gasteiger partial charge in [-0.15, -0.1) is 0 Å². The van der Waals surface area contributed by atoms with E-state index in [0.29, 0.717) is 10.6 Å². The minimum Gasteiger partial charge on any atom is -0.423 e. The first-order chi connectivity index (χ1) is 7.71. The molecule has 0 saturated heterocycles. The first-order valence-corrected chi connectivity index (χ1v) is 6.47. The first kappa shape index (κ1) is 15.5. The van der Waals surface area contributed by atoms with Gasteiger partial charge in [-0.2, -0.15) is 0 Å². The van der Waals surface area contributed by atoms with Crippen molar-refractivity contribution in [2.24, 2.45) is 0 Å². The fourth-order valence-corrected chi connectivity index (χ4v) is 1.58. The molecule has 0 fully saturated rings. The molecule has 1 aromatic rings. The summed E-state index contributed by atoms with van der Waals surface area (Å²) in [5.41, 5.74) is 0.309. The molecule has 8 heteroatoms. The van der Waals surface area contributed by atoms with Crippen LogP contribution >= 0.6 is 69.6 Å². The van der Waals surface area contributed by atoms with Crippen LogP contribution in [0.25, 0.3) is 0 Å². The summed E-state index contributed by atoms with van der Waals surface area (Å²) in [6.45, 7) is 0. The van der Waals surface area contributed by atoms with Gasteiger partial charge in [0.05, 0.1) is 0 Å². The zero-order valence-electron chi connectivity index (χ0n) is 7.89. The number of rotatable bonds is 2. The molecule has 0 aromatic heterocycles. The van der Waals surface area contributed by atoms with E-state index in [4.69, 9.17) is 74.3 Å². The first-order valence-electron chi connectivity index (χ1n) is 4.08. The van der Waals surface area contributed by atoms with Gasteiger partial charge in [-0.25, -0.2) is 4.79 Å². The number of carbonyl (C=O) groups is 1. The Kier molecular flexibility index (Phi) is 5.51. The highest BCUT2D eigenvalue weighted by atomic mass is 35.6. The van der Waals surface area contributed by atoms with Gasteiger partial charge in [-0.3, -0.25) is 0 Å². The average molecular weight is 357 g/mol. The fraction of sp³-hybridized carbons (Fsp3) is 0.222. The number of benzene rings is 1. The van der Waals surface area contributed by atoms with Gasteiger partial charge in [0.25, 0.3) is 3.79 Å². The van der Waals surface area contributed by atoms with Crippen LogP contribution in [0, 0.1) is 0 Å². The number of alkyl halides is 5. The Hall–Kier alpha value is 0.430. The highest BCUT2D eigenvalue weighted by Crippen LogP contribution is 2.36. The SMILES string of the molecule is O=C(Oc1ccc(Cl)cc1C(Cl)Cl)C(Cl)(Cl)Cl. The molecule has 94 valence electrons. The van der Waals surface area contributed by atoms with Crippen molar-refractivity contribution in [2.75, 3.05) is 0 Å². The van der Waals surface area contributed by atoms with Crippen molar-refractivity contribution in [3.8, 4) is 5.75 Å². The summed E-state index contributed by atoms with van der Waals surface area (Å²) in [7, 11) is 0. The summed E-state index contributed by atoms with van der Waals surface area (Å²) < 4.78 is 2.69. The average Bonchev–Trinajstić information content (AvgIpc) is 2.18. The number of halogens is 6. The smallest absolute Gasteiger partial charge is 0.363 e. The number of carbonyl (C=O) groups excluding carboxylic acids is 1. The molecule has 0 heterocycles. The molecular weight excluding hydrogens is 353 g/mol. The van der Waals surface area contributed by atoms with Crippen molar-refractivity contribution in [3.63, 3.8) is 0 Å². The normalized spacial score (nSPS) is 11.7. The van der Waals surface area contributed by atoms with Gasteiger partial charge >= 0.3 is 5.97 Å². The van der Waals surface area contributed by atoms with Crippen LogP contribution < -0.4 is 4.74 Å². The van der Waals surface area contributed by atoms with Crippen molar-refractivity contribution in [1.29, 1.82) is 0 Å². The maximum atomic E-state index is 11.4. The minimum absolute atomic E-state index is 0.0840. The minimum atomic E-state index is -2.18. The van der Waals surface area contributed by atoms with E-state index in [1.807, 2.05) is 0 Å². The van der Waals surface area contributed by atoms with Gasteiger partial charge < -0.3 is 4.74 Å². The third kappa shape index (κ3) is 4.55. The predicted molar refractivity (Wildman–Crippen MR) is 71.8 cm³/mol. The molecule has 0 aliphatic rings. The number of hydrogen-bond acceptors (Lipinski definition) is 2. The van der Waals surface area contributed by atoms with Crippen LogP contribution in [-0.2, 0) is 4.79 Å². The molecule has 0 saturated carbocycles. The lowest BCUT2D eigenvalue weighted by molar-refractivity contribution is -0.133. The Bertz CT molecular complexity index is 426. The second kappa shape index (κ2) is 6.05. The number of hydrogen-bond donors (Lipinski definition) is 0. The van der Waals surface area contributed by atoms with E-state index in [0.717, 1.165) is 0 Å². The van der Waals surface area contributed by atoms with Crippen molar-refractivity contribution < 1.29 is 9.53 Å². The Morgan fingerprint density at radius 1 is 1.24 bits per heavy atom. The summed E-state index contributed by atoms with van der Waals surface area (Å²) in [6.07, 6.45) is 0. The zero-order chi connectivity index (χ0) is 13.2. The second-order valence-electron chi connectivity index (χ2n) is 2.87. The van der Waals surface area contributed by atoms with Crippen molar-refractivity contribution in [2.45, 2.75) is 8.63 Å². The lowest BCUT2D eigenvalue weighted by Gasteiger charge is -2.14. The highest BCUT2D eigenvalue weighted by Gasteiger charge is 2.34. The molecule has 0 amide bonds. The lowest BCUT2D eigenvalue weighted by atomic mass is 10.2. The van der Waals surface area contributed by atoms with Gasteiger partial charge in [0.15, 0.2) is 0 Å². The van der Waals surface area contributed by atoms with E-state index in [1.54, 1.807) is 0 Å². The van der Waals surface area contributed by atoms with Crippen molar-refractivity contribution >= 4 is 75.6 Å². The van der Waals surface area contributed by atoms with Crippen molar-refractivity contribution in [3.05, 3.63) is 28.8 Å². The van der Waals surface area contributed by atoms with Crippen LogP contribution in [0.4, 0.5) is 0 Å². The molecule has 0 N–H and O–H groups in total. The van der Waals surface area contributed by atoms with Gasteiger partial charge in [0.1, 0.15) is 10.6 Å². The zero-order valence-corrected chi connectivity index (χ0v) is 12.4. The molecule has 0 aliphatic carbocycles. The molecule has 17 heavy (non-hydrogen) atoms. The summed E-state index contributed by atoms with van der Waals surface area (Å²) in [4.78, 5) is 10.4. The second-order valence-corrected chi connectivity index (χ2v) is 6.68. The molecule has 1 rings (SSSR count). The summed E-state index contributed by atoms with van der Waals surface area (Å²) in [5.74, 6) is -0.971. The van der Waals surface area contributed by atoms with E-state index in [-0.39, 0.29) is 5.75 Å². The molecule has 0 bridgehead atoms. The van der Waals surface area contributed by atoms with Crippen LogP contribution in [0.2, 0.25) is 5.02 Å². The Labute approximate surface area is 128 Å². The Morgan fingerprint density at radius 3 is 2.29 bits per heavy atom. The summed E-state index contributed by atoms with van der Waals surface area (Å²) >= 11 is 33.2. The molecule has 0 atom stereocenters. The third-order valence-corrected chi connectivity index (χ3v) is 2.81. The molecule has 0 radical (unpaired) electrons. The number of esters is 1. The van der Waals surface area contributed by atoms with Crippen LogP contribution in [0.15, 0.2) is 18.2 Å². The third-order valence-electron chi connectivity index (χ3n) is 1.64. The van der Waals surface area contributed by atoms with Gasteiger partial charge in [0.2, 0.25) is 0 Å². The van der Waals surface area contributed by atoms with Crippen LogP contribution in [0.3, 0.4) is 0 Å². The maximum Gasteiger partial charge on any atom is 0.363 e. The van der Waals surface area contributed by atoms with Crippen LogP contribution in [0.1, 0.15) is 10.4 Å². The van der Waals surface area contributed by atoms with Gasteiger partial charge in [0, 0.05) is 10.6 Å². The molecule has 0 spiro atoms. The monoisotopic (exact) mass is 354 g/mol.